The monoisotopic (exact) mass is 380 g/mol. The van der Waals surface area contributed by atoms with E-state index in [4.69, 9.17) is 39.5 Å². The quantitative estimate of drug-likeness (QED) is 0.537. The van der Waals surface area contributed by atoms with Crippen molar-refractivity contribution in [3.8, 4) is 17.1 Å². The Kier molecular flexibility index (Phi) is 3.72. The molecule has 1 aliphatic heterocycles. The maximum absolute atomic E-state index is 6.31. The third kappa shape index (κ3) is 2.75. The van der Waals surface area contributed by atoms with Crippen LogP contribution in [0.5, 0.6) is 5.75 Å². The lowest BCUT2D eigenvalue weighted by atomic mass is 9.92. The molecule has 1 aliphatic rings. The maximum Gasteiger partial charge on any atom is 0.142 e. The zero-order valence-electron chi connectivity index (χ0n) is 13.2. The summed E-state index contributed by atoms with van der Waals surface area (Å²) < 4.78 is 6.23. The summed E-state index contributed by atoms with van der Waals surface area (Å²) in [6.45, 7) is 4.18. The van der Waals surface area contributed by atoms with Crippen LogP contribution in [0, 0.1) is 0 Å². The van der Waals surface area contributed by atoms with E-state index in [2.05, 4.69) is 23.8 Å². The molecule has 4 rings (SSSR count). The number of benzene rings is 2. The van der Waals surface area contributed by atoms with Crippen LogP contribution >= 0.6 is 34.8 Å². The van der Waals surface area contributed by atoms with E-state index in [-0.39, 0.29) is 5.60 Å². The minimum absolute atomic E-state index is 0.214. The highest BCUT2D eigenvalue weighted by atomic mass is 35.5. The predicted molar refractivity (Wildman–Crippen MR) is 99.6 cm³/mol. The Morgan fingerprint density at radius 2 is 1.83 bits per heavy atom. The van der Waals surface area contributed by atoms with Gasteiger partial charge in [-0.1, -0.05) is 34.8 Å². The summed E-state index contributed by atoms with van der Waals surface area (Å²) in [6.07, 6.45) is 1.87. The SMILES string of the molecule is CC1(C)CCc2cc(Cl)cc(-c3nc4cc(Cl)c(Cl)cc4[nH]3)c2O1. The Hall–Kier alpha value is -1.42. The first-order valence-electron chi connectivity index (χ1n) is 7.69. The van der Waals surface area contributed by atoms with Crippen molar-refractivity contribution in [1.29, 1.82) is 0 Å². The molecule has 6 heteroatoms. The van der Waals surface area contributed by atoms with E-state index in [0.717, 1.165) is 40.8 Å². The van der Waals surface area contributed by atoms with Gasteiger partial charge in [0.2, 0.25) is 0 Å². The van der Waals surface area contributed by atoms with E-state index < -0.39 is 0 Å². The van der Waals surface area contributed by atoms with Crippen LogP contribution in [0.4, 0.5) is 0 Å². The molecule has 0 saturated carbocycles. The van der Waals surface area contributed by atoms with Gasteiger partial charge in [-0.25, -0.2) is 4.98 Å². The molecule has 0 amide bonds. The maximum atomic E-state index is 6.31. The second kappa shape index (κ2) is 5.55. The van der Waals surface area contributed by atoms with Crippen LogP contribution < -0.4 is 4.74 Å². The number of nitrogens with one attached hydrogen (secondary N) is 1. The van der Waals surface area contributed by atoms with Gasteiger partial charge in [0.25, 0.3) is 0 Å². The van der Waals surface area contributed by atoms with Crippen LogP contribution in [0.15, 0.2) is 24.3 Å². The highest BCUT2D eigenvalue weighted by Gasteiger charge is 2.29. The van der Waals surface area contributed by atoms with Gasteiger partial charge in [0.05, 0.1) is 26.6 Å². The number of nitrogens with zero attached hydrogens (tertiary/aromatic N) is 1. The standard InChI is InChI=1S/C18H15Cl3N2O/c1-18(2)4-3-9-5-10(19)6-11(16(9)24-18)17-22-14-7-12(20)13(21)8-15(14)23-17/h5-8H,3-4H2,1-2H3,(H,22,23). The zero-order chi connectivity index (χ0) is 17.1. The van der Waals surface area contributed by atoms with Crippen LogP contribution in [0.3, 0.4) is 0 Å². The molecule has 2 heterocycles. The van der Waals surface area contributed by atoms with Gasteiger partial charge in [-0.3, -0.25) is 0 Å². The molecule has 24 heavy (non-hydrogen) atoms. The first-order chi connectivity index (χ1) is 11.3. The van der Waals surface area contributed by atoms with E-state index in [0.29, 0.717) is 20.9 Å². The molecule has 0 aliphatic carbocycles. The van der Waals surface area contributed by atoms with Gasteiger partial charge in [0.15, 0.2) is 0 Å². The molecular weight excluding hydrogens is 367 g/mol. The van der Waals surface area contributed by atoms with E-state index in [1.165, 1.54) is 0 Å². The number of hydrogen-bond donors (Lipinski definition) is 1. The van der Waals surface area contributed by atoms with Gasteiger partial charge in [-0.05, 0) is 56.5 Å². The lowest BCUT2D eigenvalue weighted by Crippen LogP contribution is -2.32. The Morgan fingerprint density at radius 3 is 2.62 bits per heavy atom. The van der Waals surface area contributed by atoms with Gasteiger partial charge in [-0.15, -0.1) is 0 Å². The molecule has 1 N–H and O–H groups in total. The fraction of sp³-hybridized carbons (Fsp3) is 0.278. The third-order valence-electron chi connectivity index (χ3n) is 4.28. The first kappa shape index (κ1) is 16.1. The van der Waals surface area contributed by atoms with Crippen molar-refractivity contribution >= 4 is 45.8 Å². The number of aromatic amines is 1. The summed E-state index contributed by atoms with van der Waals surface area (Å²) >= 11 is 18.5. The highest BCUT2D eigenvalue weighted by molar-refractivity contribution is 6.42. The molecule has 124 valence electrons. The van der Waals surface area contributed by atoms with Crippen molar-refractivity contribution in [2.75, 3.05) is 0 Å². The predicted octanol–water partition coefficient (Wildman–Crippen LogP) is 6.29. The number of imidazole rings is 1. The van der Waals surface area contributed by atoms with E-state index >= 15 is 0 Å². The molecule has 0 fully saturated rings. The smallest absolute Gasteiger partial charge is 0.142 e. The van der Waals surface area contributed by atoms with Gasteiger partial charge in [0.1, 0.15) is 17.2 Å². The third-order valence-corrected chi connectivity index (χ3v) is 5.22. The molecule has 2 aromatic carbocycles. The largest absolute Gasteiger partial charge is 0.487 e. The average Bonchev–Trinajstić information content (AvgIpc) is 2.89. The number of rotatable bonds is 1. The molecule has 0 atom stereocenters. The fourth-order valence-electron chi connectivity index (χ4n) is 3.03. The average molecular weight is 382 g/mol. The Bertz CT molecular complexity index is 924. The number of hydrogen-bond acceptors (Lipinski definition) is 2. The summed E-state index contributed by atoms with van der Waals surface area (Å²) in [5.41, 5.74) is 3.32. The normalized spacial score (nSPS) is 16.0. The second-order valence-electron chi connectivity index (χ2n) is 6.67. The second-order valence-corrected chi connectivity index (χ2v) is 7.92. The summed E-state index contributed by atoms with van der Waals surface area (Å²) in [5.74, 6) is 1.53. The van der Waals surface area contributed by atoms with Crippen molar-refractivity contribution in [2.24, 2.45) is 0 Å². The minimum Gasteiger partial charge on any atom is -0.487 e. The Balaban J connectivity index is 1.92. The van der Waals surface area contributed by atoms with E-state index in [1.807, 2.05) is 12.1 Å². The summed E-state index contributed by atoms with van der Waals surface area (Å²) in [6, 6.07) is 7.37. The van der Waals surface area contributed by atoms with Crippen LogP contribution in [0.25, 0.3) is 22.4 Å². The number of H-pyrrole nitrogens is 1. The zero-order valence-corrected chi connectivity index (χ0v) is 15.5. The van der Waals surface area contributed by atoms with Crippen LogP contribution in [0.1, 0.15) is 25.8 Å². The number of aryl methyl sites for hydroxylation is 1. The Labute approximate surface area is 154 Å². The molecule has 0 saturated heterocycles. The summed E-state index contributed by atoms with van der Waals surface area (Å²) in [4.78, 5) is 7.94. The molecular formula is C18H15Cl3N2O. The highest BCUT2D eigenvalue weighted by Crippen LogP contribution is 2.42. The van der Waals surface area contributed by atoms with Crippen LogP contribution in [-0.4, -0.2) is 15.6 Å². The molecule has 0 spiro atoms. The molecule has 0 unspecified atom stereocenters. The summed E-state index contributed by atoms with van der Waals surface area (Å²) in [7, 11) is 0. The fourth-order valence-corrected chi connectivity index (χ4v) is 3.59. The van der Waals surface area contributed by atoms with Gasteiger partial charge < -0.3 is 9.72 Å². The molecule has 0 bridgehead atoms. The van der Waals surface area contributed by atoms with Crippen LogP contribution in [-0.2, 0) is 6.42 Å². The van der Waals surface area contributed by atoms with Gasteiger partial charge >= 0.3 is 0 Å². The molecule has 3 aromatic rings. The van der Waals surface area contributed by atoms with Crippen molar-refractivity contribution in [1.82, 2.24) is 9.97 Å². The number of ether oxygens (including phenoxy) is 1. The van der Waals surface area contributed by atoms with Crippen LogP contribution in [0.2, 0.25) is 15.1 Å². The van der Waals surface area contributed by atoms with Gasteiger partial charge in [-0.2, -0.15) is 0 Å². The summed E-state index contributed by atoms with van der Waals surface area (Å²) in [5, 5.41) is 1.64. The lowest BCUT2D eigenvalue weighted by molar-refractivity contribution is 0.0854. The topological polar surface area (TPSA) is 37.9 Å². The molecule has 0 radical (unpaired) electrons. The molecule has 3 nitrogen and oxygen atoms in total. The van der Waals surface area contributed by atoms with E-state index in [9.17, 15) is 0 Å². The van der Waals surface area contributed by atoms with Crippen molar-refractivity contribution < 1.29 is 4.74 Å². The van der Waals surface area contributed by atoms with Crippen molar-refractivity contribution in [3.63, 3.8) is 0 Å². The number of fused-ring (bicyclic) bond motifs is 2. The van der Waals surface area contributed by atoms with E-state index in [1.54, 1.807) is 12.1 Å². The number of aromatic nitrogens is 2. The van der Waals surface area contributed by atoms with Crippen molar-refractivity contribution in [2.45, 2.75) is 32.3 Å². The number of halogens is 3. The first-order valence-corrected chi connectivity index (χ1v) is 8.82. The Morgan fingerprint density at radius 1 is 1.08 bits per heavy atom. The lowest BCUT2D eigenvalue weighted by Gasteiger charge is -2.33. The van der Waals surface area contributed by atoms with Crippen molar-refractivity contribution in [3.05, 3.63) is 44.9 Å². The van der Waals surface area contributed by atoms with Gasteiger partial charge in [0, 0.05) is 5.02 Å². The minimum atomic E-state index is -0.214. The molecule has 1 aromatic heterocycles.